The summed E-state index contributed by atoms with van der Waals surface area (Å²) in [6.07, 6.45) is 0. The molecule has 0 radical (unpaired) electrons. The van der Waals surface area contributed by atoms with E-state index in [4.69, 9.17) is 4.99 Å². The van der Waals surface area contributed by atoms with Crippen LogP contribution in [0.1, 0.15) is 23.6 Å². The minimum absolute atomic E-state index is 0.995. The highest BCUT2D eigenvalue weighted by Crippen LogP contribution is 2.37. The zero-order chi connectivity index (χ0) is 35.2. The molecule has 2 heteroatoms. The molecule has 9 rings (SSSR count). The summed E-state index contributed by atoms with van der Waals surface area (Å²) in [6, 6.07) is 63.7. The SMILES string of the molecule is CC(=Nc1ccccc1C)c1ccc(-c2ccc3ccccc3c2)cc1-c1cc(-c2ccc(-n3c4ccccc4c4ccccc43)cc2)ccc1C. The summed E-state index contributed by atoms with van der Waals surface area (Å²) in [5.74, 6) is 0. The second-order valence-electron chi connectivity index (χ2n) is 13.8. The summed E-state index contributed by atoms with van der Waals surface area (Å²) in [4.78, 5) is 5.16. The zero-order valence-corrected chi connectivity index (χ0v) is 29.6. The van der Waals surface area contributed by atoms with Crippen LogP contribution in [0.5, 0.6) is 0 Å². The maximum atomic E-state index is 5.16. The first kappa shape index (κ1) is 31.5. The summed E-state index contributed by atoms with van der Waals surface area (Å²) in [5.41, 5.74) is 16.3. The molecule has 0 amide bonds. The van der Waals surface area contributed by atoms with Crippen LogP contribution in [0, 0.1) is 13.8 Å². The molecule has 0 spiro atoms. The molecule has 0 unspecified atom stereocenters. The summed E-state index contributed by atoms with van der Waals surface area (Å²) in [6.45, 7) is 6.47. The van der Waals surface area contributed by atoms with Crippen LogP contribution in [0.4, 0.5) is 5.69 Å². The van der Waals surface area contributed by atoms with Crippen molar-refractivity contribution in [1.29, 1.82) is 0 Å². The molecule has 0 atom stereocenters. The second-order valence-corrected chi connectivity index (χ2v) is 13.8. The molecule has 0 saturated heterocycles. The Balaban J connectivity index is 1.16. The molecule has 1 heterocycles. The molecule has 0 aliphatic rings. The Bertz CT molecular complexity index is 2760. The summed E-state index contributed by atoms with van der Waals surface area (Å²) >= 11 is 0. The van der Waals surface area contributed by atoms with Crippen molar-refractivity contribution >= 4 is 44.0 Å². The van der Waals surface area contributed by atoms with E-state index in [-0.39, 0.29) is 0 Å². The fourth-order valence-corrected chi connectivity index (χ4v) is 7.66. The minimum atomic E-state index is 0.995. The predicted molar refractivity (Wildman–Crippen MR) is 222 cm³/mol. The Morgan fingerprint density at radius 3 is 1.75 bits per heavy atom. The Morgan fingerprint density at radius 2 is 1.00 bits per heavy atom. The van der Waals surface area contributed by atoms with Gasteiger partial charge >= 0.3 is 0 Å². The number of aryl methyl sites for hydroxylation is 2. The van der Waals surface area contributed by atoms with Gasteiger partial charge in [-0.2, -0.15) is 0 Å². The highest BCUT2D eigenvalue weighted by Gasteiger charge is 2.16. The van der Waals surface area contributed by atoms with Crippen LogP contribution in [0.15, 0.2) is 181 Å². The van der Waals surface area contributed by atoms with Gasteiger partial charge in [-0.25, -0.2) is 0 Å². The number of hydrogen-bond donors (Lipinski definition) is 0. The molecule has 0 saturated carbocycles. The molecule has 8 aromatic carbocycles. The molecule has 0 N–H and O–H groups in total. The van der Waals surface area contributed by atoms with Gasteiger partial charge in [0.25, 0.3) is 0 Å². The van der Waals surface area contributed by atoms with Crippen LogP contribution in [0.25, 0.3) is 71.6 Å². The summed E-state index contributed by atoms with van der Waals surface area (Å²) in [5, 5.41) is 5.03. The lowest BCUT2D eigenvalue weighted by Gasteiger charge is -2.17. The molecule has 0 bridgehead atoms. The van der Waals surface area contributed by atoms with Crippen LogP contribution in [-0.2, 0) is 0 Å². The lowest BCUT2D eigenvalue weighted by Crippen LogP contribution is -2.00. The molecule has 0 aliphatic carbocycles. The highest BCUT2D eigenvalue weighted by molar-refractivity contribution is 6.09. The molecule has 9 aromatic rings. The third kappa shape index (κ3) is 5.59. The molecular formula is C50H38N2. The Morgan fingerprint density at radius 1 is 0.442 bits per heavy atom. The lowest BCUT2D eigenvalue weighted by atomic mass is 9.88. The fraction of sp³-hybridized carbons (Fsp3) is 0.0600. The van der Waals surface area contributed by atoms with Gasteiger partial charge in [0, 0.05) is 27.7 Å². The quantitative estimate of drug-likeness (QED) is 0.157. The molecule has 0 fully saturated rings. The van der Waals surface area contributed by atoms with Crippen LogP contribution >= 0.6 is 0 Å². The average molecular weight is 667 g/mol. The van der Waals surface area contributed by atoms with Crippen LogP contribution in [0.3, 0.4) is 0 Å². The average Bonchev–Trinajstić information content (AvgIpc) is 3.53. The minimum Gasteiger partial charge on any atom is -0.309 e. The van der Waals surface area contributed by atoms with Crippen LogP contribution in [-0.4, -0.2) is 10.3 Å². The van der Waals surface area contributed by atoms with E-state index in [0.717, 1.165) is 22.6 Å². The smallest absolute Gasteiger partial charge is 0.0662 e. The standard InChI is InChI=1S/C50H38N2/c1-33-20-21-40(37-24-27-42(28-25-37)52-49-18-10-7-15-44(49)45-16-8-11-19-50(45)52)31-46(33)47-32-41(39-23-22-36-13-5-6-14-38(36)30-39)26-29-43(47)35(3)51-48-17-9-4-12-34(48)2/h4-32H,1-3H3. The third-order valence-electron chi connectivity index (χ3n) is 10.5. The molecule has 0 aliphatic heterocycles. The van der Waals surface area contributed by atoms with E-state index >= 15 is 0 Å². The number of fused-ring (bicyclic) bond motifs is 4. The van der Waals surface area contributed by atoms with Gasteiger partial charge in [-0.3, -0.25) is 4.99 Å². The second kappa shape index (κ2) is 13.0. The van der Waals surface area contributed by atoms with Crippen molar-refractivity contribution in [2.75, 3.05) is 0 Å². The lowest BCUT2D eigenvalue weighted by molar-refractivity contribution is 1.18. The maximum Gasteiger partial charge on any atom is 0.0662 e. The number of benzene rings is 8. The topological polar surface area (TPSA) is 17.3 Å². The summed E-state index contributed by atoms with van der Waals surface area (Å²) in [7, 11) is 0. The molecule has 248 valence electrons. The number of hydrogen-bond acceptors (Lipinski definition) is 1. The van der Waals surface area contributed by atoms with Gasteiger partial charge in [0.05, 0.1) is 16.7 Å². The van der Waals surface area contributed by atoms with Crippen molar-refractivity contribution in [1.82, 2.24) is 4.57 Å². The van der Waals surface area contributed by atoms with E-state index in [9.17, 15) is 0 Å². The number of nitrogens with zero attached hydrogens (tertiary/aromatic N) is 2. The Labute approximate surface area is 305 Å². The van der Waals surface area contributed by atoms with E-state index in [0.29, 0.717) is 0 Å². The largest absolute Gasteiger partial charge is 0.309 e. The van der Waals surface area contributed by atoms with Gasteiger partial charge in [0.1, 0.15) is 0 Å². The highest BCUT2D eigenvalue weighted by atomic mass is 15.0. The number of aromatic nitrogens is 1. The van der Waals surface area contributed by atoms with Crippen molar-refractivity contribution in [2.45, 2.75) is 20.8 Å². The van der Waals surface area contributed by atoms with Crippen molar-refractivity contribution in [3.63, 3.8) is 0 Å². The van der Waals surface area contributed by atoms with Gasteiger partial charge in [-0.1, -0.05) is 127 Å². The molecule has 52 heavy (non-hydrogen) atoms. The van der Waals surface area contributed by atoms with Gasteiger partial charge in [0.2, 0.25) is 0 Å². The zero-order valence-electron chi connectivity index (χ0n) is 29.6. The molecular weight excluding hydrogens is 629 g/mol. The van der Waals surface area contributed by atoms with Crippen molar-refractivity contribution < 1.29 is 0 Å². The first-order valence-corrected chi connectivity index (χ1v) is 18.0. The van der Waals surface area contributed by atoms with E-state index < -0.39 is 0 Å². The van der Waals surface area contributed by atoms with E-state index in [1.807, 2.05) is 0 Å². The number of aliphatic imine (C=N–C) groups is 1. The fourth-order valence-electron chi connectivity index (χ4n) is 7.66. The van der Waals surface area contributed by atoms with Gasteiger partial charge in [-0.05, 0) is 125 Å². The number of rotatable bonds is 6. The maximum absolute atomic E-state index is 5.16. The van der Waals surface area contributed by atoms with E-state index in [1.54, 1.807) is 0 Å². The van der Waals surface area contributed by atoms with Crippen molar-refractivity contribution in [3.05, 3.63) is 193 Å². The predicted octanol–water partition coefficient (Wildman–Crippen LogP) is 13.7. The van der Waals surface area contributed by atoms with Gasteiger partial charge in [-0.15, -0.1) is 0 Å². The Kier molecular flexibility index (Phi) is 7.86. The van der Waals surface area contributed by atoms with E-state index in [2.05, 4.69) is 201 Å². The van der Waals surface area contributed by atoms with E-state index in [1.165, 1.54) is 77.1 Å². The first-order chi connectivity index (χ1) is 25.5. The Hall–Kier alpha value is -6.51. The molecule has 2 nitrogen and oxygen atoms in total. The van der Waals surface area contributed by atoms with Crippen molar-refractivity contribution in [3.8, 4) is 39.1 Å². The molecule has 1 aromatic heterocycles. The normalized spacial score (nSPS) is 11.9. The van der Waals surface area contributed by atoms with Gasteiger partial charge in [0.15, 0.2) is 0 Å². The van der Waals surface area contributed by atoms with Crippen LogP contribution < -0.4 is 0 Å². The van der Waals surface area contributed by atoms with Crippen LogP contribution in [0.2, 0.25) is 0 Å². The monoisotopic (exact) mass is 666 g/mol. The number of para-hydroxylation sites is 3. The summed E-state index contributed by atoms with van der Waals surface area (Å²) < 4.78 is 2.37. The first-order valence-electron chi connectivity index (χ1n) is 18.0. The van der Waals surface area contributed by atoms with Crippen molar-refractivity contribution in [2.24, 2.45) is 4.99 Å². The van der Waals surface area contributed by atoms with Gasteiger partial charge < -0.3 is 4.57 Å². The third-order valence-corrected chi connectivity index (χ3v) is 10.5.